The topological polar surface area (TPSA) is 63.2 Å². The Bertz CT molecular complexity index is 653. The molecule has 6 heteroatoms. The fraction of sp³-hybridized carbons (Fsp3) is 0.316. The molecule has 0 aliphatic heterocycles. The van der Waals surface area contributed by atoms with E-state index in [1.165, 1.54) is 0 Å². The lowest BCUT2D eigenvalue weighted by Gasteiger charge is -2.14. The van der Waals surface area contributed by atoms with Crippen LogP contribution in [0.5, 0.6) is 17.2 Å². The lowest BCUT2D eigenvalue weighted by atomic mass is 10.1. The Morgan fingerprint density at radius 3 is 2.16 bits per heavy atom. The van der Waals surface area contributed by atoms with Gasteiger partial charge in [-0.25, -0.2) is 0 Å². The number of methoxy groups -OCH3 is 2. The quantitative estimate of drug-likeness (QED) is 0.460. The van der Waals surface area contributed by atoms with Gasteiger partial charge >= 0.3 is 0 Å². The molecule has 0 aromatic heterocycles. The van der Waals surface area contributed by atoms with Crippen molar-refractivity contribution in [3.8, 4) is 28.4 Å². The maximum Gasteiger partial charge on any atom is 0.293 e. The van der Waals surface area contributed by atoms with E-state index in [-0.39, 0.29) is 13.2 Å². The number of ether oxygens (including phenoxy) is 5. The van der Waals surface area contributed by atoms with Crippen LogP contribution in [0.15, 0.2) is 42.5 Å². The second-order valence-electron chi connectivity index (χ2n) is 5.05. The van der Waals surface area contributed by atoms with Gasteiger partial charge in [0.2, 0.25) is 0 Å². The van der Waals surface area contributed by atoms with E-state index in [9.17, 15) is 4.79 Å². The normalized spacial score (nSPS) is 10.2. The van der Waals surface area contributed by atoms with E-state index >= 15 is 0 Å². The molecule has 2 rings (SSSR count). The van der Waals surface area contributed by atoms with Crippen LogP contribution in [0.2, 0.25) is 0 Å². The van der Waals surface area contributed by atoms with Crippen LogP contribution in [0.25, 0.3) is 11.1 Å². The molecule has 0 amide bonds. The van der Waals surface area contributed by atoms with E-state index in [1.807, 2.05) is 42.5 Å². The highest BCUT2D eigenvalue weighted by molar-refractivity contribution is 5.67. The summed E-state index contributed by atoms with van der Waals surface area (Å²) in [6.07, 6.45) is 0. The molecular formula is C19H22O6. The van der Waals surface area contributed by atoms with Crippen molar-refractivity contribution in [2.75, 3.05) is 40.6 Å². The van der Waals surface area contributed by atoms with Crippen molar-refractivity contribution in [2.24, 2.45) is 0 Å². The van der Waals surface area contributed by atoms with Crippen LogP contribution in [0.3, 0.4) is 0 Å². The van der Waals surface area contributed by atoms with Crippen molar-refractivity contribution in [1.82, 2.24) is 0 Å². The van der Waals surface area contributed by atoms with Gasteiger partial charge in [0.1, 0.15) is 25.6 Å². The van der Waals surface area contributed by atoms with E-state index in [0.717, 1.165) is 16.9 Å². The van der Waals surface area contributed by atoms with Crippen LogP contribution in [-0.2, 0) is 14.3 Å². The number of hydrogen-bond donors (Lipinski definition) is 0. The lowest BCUT2D eigenvalue weighted by molar-refractivity contribution is -0.129. The molecule has 25 heavy (non-hydrogen) atoms. The molecule has 0 saturated carbocycles. The highest BCUT2D eigenvalue weighted by Gasteiger charge is 2.09. The van der Waals surface area contributed by atoms with E-state index in [0.29, 0.717) is 31.2 Å². The fourth-order valence-electron chi connectivity index (χ4n) is 2.19. The number of hydrogen-bond acceptors (Lipinski definition) is 6. The average molecular weight is 346 g/mol. The third-order valence-corrected chi connectivity index (χ3v) is 3.44. The molecule has 0 spiro atoms. The van der Waals surface area contributed by atoms with Crippen LogP contribution in [0, 0.1) is 0 Å². The van der Waals surface area contributed by atoms with Crippen molar-refractivity contribution < 1.29 is 28.5 Å². The van der Waals surface area contributed by atoms with Gasteiger partial charge in [-0.15, -0.1) is 0 Å². The minimum Gasteiger partial charge on any atom is -0.497 e. The first-order valence-corrected chi connectivity index (χ1v) is 7.86. The minimum atomic E-state index is 0.182. The van der Waals surface area contributed by atoms with E-state index in [2.05, 4.69) is 4.74 Å². The largest absolute Gasteiger partial charge is 0.497 e. The minimum absolute atomic E-state index is 0.182. The van der Waals surface area contributed by atoms with Gasteiger partial charge in [-0.3, -0.25) is 4.79 Å². The van der Waals surface area contributed by atoms with Crippen LogP contribution >= 0.6 is 0 Å². The first kappa shape index (κ1) is 18.6. The molecule has 0 aliphatic carbocycles. The Morgan fingerprint density at radius 1 is 0.800 bits per heavy atom. The molecule has 0 fully saturated rings. The van der Waals surface area contributed by atoms with Crippen LogP contribution in [0.4, 0.5) is 0 Å². The maximum atomic E-state index is 10.2. The SMILES string of the molecule is COCCOc1cc(-c2ccc(OC)cc2)ccc1OCCOC=O. The van der Waals surface area contributed by atoms with Crippen molar-refractivity contribution in [1.29, 1.82) is 0 Å². The average Bonchev–Trinajstić information content (AvgIpc) is 2.66. The summed E-state index contributed by atoms with van der Waals surface area (Å²) in [4.78, 5) is 10.2. The van der Waals surface area contributed by atoms with Gasteiger partial charge in [0, 0.05) is 7.11 Å². The zero-order chi connectivity index (χ0) is 17.9. The van der Waals surface area contributed by atoms with Crippen LogP contribution in [-0.4, -0.2) is 47.1 Å². The van der Waals surface area contributed by atoms with Crippen molar-refractivity contribution in [2.45, 2.75) is 0 Å². The highest BCUT2D eigenvalue weighted by Crippen LogP contribution is 2.33. The molecule has 2 aromatic carbocycles. The molecule has 0 saturated heterocycles. The van der Waals surface area contributed by atoms with Gasteiger partial charge in [-0.1, -0.05) is 18.2 Å². The Hall–Kier alpha value is -2.73. The number of carbonyl (C=O) groups excluding carboxylic acids is 1. The summed E-state index contributed by atoms with van der Waals surface area (Å²) in [5, 5.41) is 0. The zero-order valence-corrected chi connectivity index (χ0v) is 14.4. The number of rotatable bonds is 11. The Balaban J connectivity index is 2.17. The predicted molar refractivity (Wildman–Crippen MR) is 93.3 cm³/mol. The van der Waals surface area contributed by atoms with E-state index < -0.39 is 0 Å². The maximum absolute atomic E-state index is 10.2. The molecule has 6 nitrogen and oxygen atoms in total. The van der Waals surface area contributed by atoms with Crippen LogP contribution < -0.4 is 14.2 Å². The fourth-order valence-corrected chi connectivity index (χ4v) is 2.19. The lowest BCUT2D eigenvalue weighted by Crippen LogP contribution is -2.09. The number of carbonyl (C=O) groups is 1. The van der Waals surface area contributed by atoms with Crippen molar-refractivity contribution >= 4 is 6.47 Å². The van der Waals surface area contributed by atoms with Gasteiger partial charge in [0.25, 0.3) is 6.47 Å². The molecule has 0 atom stereocenters. The smallest absolute Gasteiger partial charge is 0.293 e. The van der Waals surface area contributed by atoms with E-state index in [1.54, 1.807) is 14.2 Å². The molecule has 0 aliphatic rings. The highest BCUT2D eigenvalue weighted by atomic mass is 16.6. The first-order valence-electron chi connectivity index (χ1n) is 7.86. The van der Waals surface area contributed by atoms with Gasteiger partial charge in [0.05, 0.1) is 13.7 Å². The third-order valence-electron chi connectivity index (χ3n) is 3.44. The zero-order valence-electron chi connectivity index (χ0n) is 14.4. The summed E-state index contributed by atoms with van der Waals surface area (Å²) in [5.74, 6) is 2.00. The monoisotopic (exact) mass is 346 g/mol. The molecule has 0 N–H and O–H groups in total. The molecule has 2 aromatic rings. The van der Waals surface area contributed by atoms with Gasteiger partial charge in [0.15, 0.2) is 11.5 Å². The van der Waals surface area contributed by atoms with Crippen molar-refractivity contribution in [3.05, 3.63) is 42.5 Å². The molecule has 0 bridgehead atoms. The molecule has 0 heterocycles. The molecular weight excluding hydrogens is 324 g/mol. The Morgan fingerprint density at radius 2 is 1.48 bits per heavy atom. The van der Waals surface area contributed by atoms with E-state index in [4.69, 9.17) is 18.9 Å². The van der Waals surface area contributed by atoms with Gasteiger partial charge in [-0.05, 0) is 35.4 Å². The standard InChI is InChI=1S/C19H22O6/c1-21-9-11-25-19-13-16(15-3-6-17(22-2)7-4-15)5-8-18(19)24-12-10-23-14-20/h3-8,13-14H,9-12H2,1-2H3. The summed E-state index contributed by atoms with van der Waals surface area (Å²) in [6.45, 7) is 1.71. The predicted octanol–water partition coefficient (Wildman–Crippen LogP) is 2.94. The summed E-state index contributed by atoms with van der Waals surface area (Å²) < 4.78 is 26.2. The van der Waals surface area contributed by atoms with Gasteiger partial charge < -0.3 is 23.7 Å². The first-order chi connectivity index (χ1) is 12.3. The van der Waals surface area contributed by atoms with Crippen molar-refractivity contribution in [3.63, 3.8) is 0 Å². The van der Waals surface area contributed by atoms with Gasteiger partial charge in [-0.2, -0.15) is 0 Å². The third kappa shape index (κ3) is 5.69. The summed E-state index contributed by atoms with van der Waals surface area (Å²) in [6, 6.07) is 13.5. The molecule has 134 valence electrons. The summed E-state index contributed by atoms with van der Waals surface area (Å²) in [7, 11) is 3.25. The molecule has 0 unspecified atom stereocenters. The summed E-state index contributed by atoms with van der Waals surface area (Å²) >= 11 is 0. The number of benzene rings is 2. The Labute approximate surface area is 147 Å². The summed E-state index contributed by atoms with van der Waals surface area (Å²) in [5.41, 5.74) is 2.03. The van der Waals surface area contributed by atoms with Crippen LogP contribution in [0.1, 0.15) is 0 Å². The molecule has 0 radical (unpaired) electrons. The second-order valence-corrected chi connectivity index (χ2v) is 5.05. The Kier molecular flexibility index (Phi) is 7.59. The second kappa shape index (κ2) is 10.2.